The molecule has 5 nitrogen and oxygen atoms in total. The minimum Gasteiger partial charge on any atom is -0.497 e. The Morgan fingerprint density at radius 2 is 2.00 bits per heavy atom. The van der Waals surface area contributed by atoms with E-state index in [1.165, 1.54) is 6.21 Å². The molecule has 0 aliphatic heterocycles. The molecule has 0 bridgehead atoms. The fourth-order valence-corrected chi connectivity index (χ4v) is 2.16. The first-order chi connectivity index (χ1) is 9.83. The number of aromatic nitrogens is 2. The van der Waals surface area contributed by atoms with Gasteiger partial charge < -0.3 is 9.94 Å². The van der Waals surface area contributed by atoms with E-state index in [1.807, 2.05) is 53.1 Å². The Morgan fingerprint density at radius 1 is 1.20 bits per heavy atom. The molecule has 0 unspecified atom stereocenters. The third kappa shape index (κ3) is 1.99. The Hall–Kier alpha value is -2.82. The van der Waals surface area contributed by atoms with Crippen LogP contribution < -0.4 is 4.74 Å². The van der Waals surface area contributed by atoms with Crippen molar-refractivity contribution < 1.29 is 9.94 Å². The van der Waals surface area contributed by atoms with Gasteiger partial charge in [0.25, 0.3) is 0 Å². The number of benzene rings is 1. The third-order valence-corrected chi connectivity index (χ3v) is 3.11. The van der Waals surface area contributed by atoms with E-state index in [2.05, 4.69) is 10.1 Å². The molecule has 5 heteroatoms. The van der Waals surface area contributed by atoms with Gasteiger partial charge in [0.1, 0.15) is 17.3 Å². The Kier molecular flexibility index (Phi) is 3.09. The fourth-order valence-electron chi connectivity index (χ4n) is 2.16. The van der Waals surface area contributed by atoms with Gasteiger partial charge in [-0.05, 0) is 36.4 Å². The average Bonchev–Trinajstić information content (AvgIpc) is 2.87. The number of methoxy groups -OCH3 is 1. The van der Waals surface area contributed by atoms with E-state index in [0.717, 1.165) is 22.7 Å². The molecule has 1 N–H and O–H groups in total. The molecule has 0 amide bonds. The summed E-state index contributed by atoms with van der Waals surface area (Å²) in [6, 6.07) is 13.4. The molecule has 0 aliphatic rings. The number of hydrogen-bond donors (Lipinski definition) is 1. The van der Waals surface area contributed by atoms with Crippen LogP contribution in [0.1, 0.15) is 5.69 Å². The molecule has 1 aromatic carbocycles. The lowest BCUT2D eigenvalue weighted by molar-refractivity contribution is 0.322. The van der Waals surface area contributed by atoms with Crippen molar-refractivity contribution in [1.29, 1.82) is 0 Å². The highest BCUT2D eigenvalue weighted by Gasteiger charge is 2.11. The molecule has 0 saturated carbocycles. The lowest BCUT2D eigenvalue weighted by atomic mass is 10.2. The molecule has 3 rings (SSSR count). The van der Waals surface area contributed by atoms with Gasteiger partial charge in [-0.15, -0.1) is 0 Å². The van der Waals surface area contributed by atoms with Crippen molar-refractivity contribution in [2.24, 2.45) is 5.16 Å². The first-order valence-electron chi connectivity index (χ1n) is 6.12. The molecule has 100 valence electrons. The van der Waals surface area contributed by atoms with Crippen LogP contribution >= 0.6 is 0 Å². The van der Waals surface area contributed by atoms with Crippen molar-refractivity contribution in [3.05, 3.63) is 54.4 Å². The first kappa shape index (κ1) is 12.2. The van der Waals surface area contributed by atoms with Crippen LogP contribution in [-0.4, -0.2) is 27.9 Å². The van der Waals surface area contributed by atoms with Crippen molar-refractivity contribution in [1.82, 2.24) is 9.38 Å². The molecule has 0 fully saturated rings. The molecule has 2 heterocycles. The number of pyridine rings is 1. The highest BCUT2D eigenvalue weighted by Crippen LogP contribution is 2.24. The van der Waals surface area contributed by atoms with Crippen molar-refractivity contribution in [2.75, 3.05) is 7.11 Å². The molecule has 20 heavy (non-hydrogen) atoms. The number of fused-ring (bicyclic) bond motifs is 1. The summed E-state index contributed by atoms with van der Waals surface area (Å²) in [6.07, 6.45) is 3.26. The zero-order valence-electron chi connectivity index (χ0n) is 10.9. The van der Waals surface area contributed by atoms with Gasteiger partial charge in [-0.2, -0.15) is 0 Å². The normalized spacial score (nSPS) is 11.2. The van der Waals surface area contributed by atoms with Crippen molar-refractivity contribution in [2.45, 2.75) is 0 Å². The molecule has 3 aromatic rings. The summed E-state index contributed by atoms with van der Waals surface area (Å²) < 4.78 is 7.11. The van der Waals surface area contributed by atoms with Crippen LogP contribution in [0.25, 0.3) is 16.9 Å². The smallest absolute Gasteiger partial charge is 0.145 e. The Morgan fingerprint density at radius 3 is 2.70 bits per heavy atom. The summed E-state index contributed by atoms with van der Waals surface area (Å²) in [6.45, 7) is 0. The van der Waals surface area contributed by atoms with E-state index < -0.39 is 0 Å². The second-order valence-corrected chi connectivity index (χ2v) is 4.25. The minimum absolute atomic E-state index is 0.624. The van der Waals surface area contributed by atoms with Gasteiger partial charge in [0.2, 0.25) is 0 Å². The highest BCUT2D eigenvalue weighted by atomic mass is 16.5. The Balaban J connectivity index is 2.19. The van der Waals surface area contributed by atoms with Crippen molar-refractivity contribution in [3.8, 4) is 17.1 Å². The number of ether oxygens (including phenoxy) is 1. The lowest BCUT2D eigenvalue weighted by Gasteiger charge is -2.03. The molecular formula is C15H13N3O2. The summed E-state index contributed by atoms with van der Waals surface area (Å²) in [5.41, 5.74) is 2.47. The first-order valence-corrected chi connectivity index (χ1v) is 6.12. The topological polar surface area (TPSA) is 59.1 Å². The van der Waals surface area contributed by atoms with Crippen LogP contribution in [0.2, 0.25) is 0 Å². The lowest BCUT2D eigenvalue weighted by Crippen LogP contribution is -1.89. The van der Waals surface area contributed by atoms with Gasteiger partial charge in [-0.3, -0.25) is 4.40 Å². The standard InChI is InChI=1S/C15H13N3O2/c1-20-12-7-5-11(6-8-12)15-17-13(10-16-19)14-4-2-3-9-18(14)15/h2-10,19H,1H3. The Bertz CT molecular complexity index is 760. The number of rotatable bonds is 3. The maximum absolute atomic E-state index is 8.73. The molecule has 0 radical (unpaired) electrons. The van der Waals surface area contributed by atoms with Crippen LogP contribution in [0.4, 0.5) is 0 Å². The number of nitrogens with zero attached hydrogens (tertiary/aromatic N) is 3. The van der Waals surface area contributed by atoms with Crippen molar-refractivity contribution >= 4 is 11.7 Å². The molecular weight excluding hydrogens is 254 g/mol. The van der Waals surface area contributed by atoms with Gasteiger partial charge in [-0.25, -0.2) is 4.98 Å². The maximum Gasteiger partial charge on any atom is 0.145 e. The van der Waals surface area contributed by atoms with Crippen molar-refractivity contribution in [3.63, 3.8) is 0 Å². The van der Waals surface area contributed by atoms with Crippen LogP contribution in [0.3, 0.4) is 0 Å². The average molecular weight is 267 g/mol. The maximum atomic E-state index is 8.73. The van der Waals surface area contributed by atoms with Crippen LogP contribution in [0.5, 0.6) is 5.75 Å². The summed E-state index contributed by atoms with van der Waals surface area (Å²) in [5.74, 6) is 1.59. The van der Waals surface area contributed by atoms with Gasteiger partial charge in [0.15, 0.2) is 0 Å². The molecule has 0 aliphatic carbocycles. The predicted molar refractivity (Wildman–Crippen MR) is 76.6 cm³/mol. The SMILES string of the molecule is COc1ccc(-c2nc(C=NO)c3ccccn23)cc1. The van der Waals surface area contributed by atoms with E-state index in [9.17, 15) is 0 Å². The fraction of sp³-hybridized carbons (Fsp3) is 0.0667. The van der Waals surface area contributed by atoms with Crippen LogP contribution in [-0.2, 0) is 0 Å². The van der Waals surface area contributed by atoms with Gasteiger partial charge in [-0.1, -0.05) is 11.2 Å². The van der Waals surface area contributed by atoms with E-state index in [0.29, 0.717) is 5.69 Å². The monoisotopic (exact) mass is 267 g/mol. The van der Waals surface area contributed by atoms with E-state index in [1.54, 1.807) is 7.11 Å². The third-order valence-electron chi connectivity index (χ3n) is 3.11. The largest absolute Gasteiger partial charge is 0.497 e. The summed E-state index contributed by atoms with van der Waals surface area (Å²) in [4.78, 5) is 4.52. The Labute approximate surface area is 115 Å². The van der Waals surface area contributed by atoms with Gasteiger partial charge >= 0.3 is 0 Å². The summed E-state index contributed by atoms with van der Waals surface area (Å²) >= 11 is 0. The highest BCUT2D eigenvalue weighted by molar-refractivity contribution is 5.88. The molecule has 0 atom stereocenters. The van der Waals surface area contributed by atoms with E-state index in [-0.39, 0.29) is 0 Å². The molecule has 0 spiro atoms. The van der Waals surface area contributed by atoms with Crippen LogP contribution in [0, 0.1) is 0 Å². The number of oxime groups is 1. The van der Waals surface area contributed by atoms with Gasteiger partial charge in [0.05, 0.1) is 18.8 Å². The predicted octanol–water partition coefficient (Wildman–Crippen LogP) is 2.82. The number of hydrogen-bond acceptors (Lipinski definition) is 4. The van der Waals surface area contributed by atoms with Gasteiger partial charge in [0, 0.05) is 11.8 Å². The summed E-state index contributed by atoms with van der Waals surface area (Å²) in [7, 11) is 1.63. The quantitative estimate of drug-likeness (QED) is 0.451. The zero-order valence-corrected chi connectivity index (χ0v) is 10.9. The van der Waals surface area contributed by atoms with E-state index >= 15 is 0 Å². The molecule has 0 saturated heterocycles. The summed E-state index contributed by atoms with van der Waals surface area (Å²) in [5, 5.41) is 11.8. The number of imidazole rings is 1. The zero-order chi connectivity index (χ0) is 13.9. The second-order valence-electron chi connectivity index (χ2n) is 4.25. The van der Waals surface area contributed by atoms with E-state index in [4.69, 9.17) is 9.94 Å². The van der Waals surface area contributed by atoms with Crippen LogP contribution in [0.15, 0.2) is 53.8 Å². The molecule has 2 aromatic heterocycles. The second kappa shape index (κ2) is 5.05. The minimum atomic E-state index is 0.624.